The highest BCUT2D eigenvalue weighted by molar-refractivity contribution is 5.86. The van der Waals surface area contributed by atoms with E-state index < -0.39 is 0 Å². The number of benzene rings is 1. The summed E-state index contributed by atoms with van der Waals surface area (Å²) in [5.41, 5.74) is 3.24. The van der Waals surface area contributed by atoms with E-state index in [1.807, 2.05) is 18.0 Å². The fraction of sp³-hybridized carbons (Fsp3) is 0.385. The van der Waals surface area contributed by atoms with Crippen molar-refractivity contribution in [3.8, 4) is 11.3 Å². The quantitative estimate of drug-likeness (QED) is 0.617. The van der Waals surface area contributed by atoms with Gasteiger partial charge >= 0.3 is 0 Å². The van der Waals surface area contributed by atoms with Gasteiger partial charge in [-0.05, 0) is 12.8 Å². The molecule has 7 nitrogen and oxygen atoms in total. The van der Waals surface area contributed by atoms with Gasteiger partial charge in [-0.3, -0.25) is 10.1 Å². The average Bonchev–Trinajstić information content (AvgIpc) is 3.19. The molecule has 0 bridgehead atoms. The molecule has 0 unspecified atom stereocenters. The van der Waals surface area contributed by atoms with Crippen LogP contribution >= 0.6 is 0 Å². The van der Waals surface area contributed by atoms with Crippen molar-refractivity contribution < 1.29 is 4.92 Å². The van der Waals surface area contributed by atoms with Crippen LogP contribution in [0.2, 0.25) is 0 Å². The van der Waals surface area contributed by atoms with Crippen LogP contribution in [0.15, 0.2) is 18.2 Å². The topological polar surface area (TPSA) is 77.1 Å². The molecule has 4 rings (SSSR count). The van der Waals surface area contributed by atoms with Crippen molar-refractivity contribution in [1.29, 1.82) is 0 Å². The van der Waals surface area contributed by atoms with Gasteiger partial charge < -0.3 is 4.90 Å². The maximum absolute atomic E-state index is 11.2. The lowest BCUT2D eigenvalue weighted by Gasteiger charge is -2.25. The van der Waals surface area contributed by atoms with Gasteiger partial charge in [0, 0.05) is 18.7 Å². The van der Waals surface area contributed by atoms with E-state index in [1.54, 1.807) is 10.9 Å². The third-order valence-corrected chi connectivity index (χ3v) is 3.81. The molecule has 0 amide bonds. The molecule has 1 saturated carbocycles. The number of fused-ring (bicyclic) bond motifs is 3. The molecule has 1 aromatic carbocycles. The zero-order chi connectivity index (χ0) is 13.9. The summed E-state index contributed by atoms with van der Waals surface area (Å²) in [6.07, 6.45) is 2.23. The second-order valence-electron chi connectivity index (χ2n) is 5.33. The number of para-hydroxylation sites is 1. The molecule has 1 fully saturated rings. The van der Waals surface area contributed by atoms with Gasteiger partial charge in [-0.2, -0.15) is 15.0 Å². The third kappa shape index (κ3) is 1.52. The number of nitrogens with zero attached hydrogens (tertiary/aromatic N) is 5. The van der Waals surface area contributed by atoms with Crippen LogP contribution in [0.3, 0.4) is 0 Å². The van der Waals surface area contributed by atoms with Crippen LogP contribution in [0.5, 0.6) is 0 Å². The lowest BCUT2D eigenvalue weighted by molar-refractivity contribution is -0.384. The van der Waals surface area contributed by atoms with Crippen molar-refractivity contribution in [1.82, 2.24) is 15.0 Å². The average molecular weight is 271 g/mol. The van der Waals surface area contributed by atoms with Gasteiger partial charge in [0.2, 0.25) is 0 Å². The minimum absolute atomic E-state index is 0.122. The standard InChI is InChI=1S/C13H13N5O2/c1-16-7-10-12(15-17(14-10)8-5-6-8)9-3-2-4-11(13(9)16)18(19)20/h2-4,8H,5-7H2,1H3. The molecular weight excluding hydrogens is 258 g/mol. The second-order valence-corrected chi connectivity index (χ2v) is 5.33. The summed E-state index contributed by atoms with van der Waals surface area (Å²) in [4.78, 5) is 14.5. The molecule has 0 N–H and O–H groups in total. The molecule has 0 spiro atoms. The van der Waals surface area contributed by atoms with E-state index >= 15 is 0 Å². The molecule has 0 atom stereocenters. The van der Waals surface area contributed by atoms with Gasteiger partial charge in [0.1, 0.15) is 17.1 Å². The maximum Gasteiger partial charge on any atom is 0.293 e. The fourth-order valence-corrected chi connectivity index (χ4v) is 2.71. The van der Waals surface area contributed by atoms with Gasteiger partial charge in [0.05, 0.1) is 17.5 Å². The molecule has 20 heavy (non-hydrogen) atoms. The molecule has 0 radical (unpaired) electrons. The molecule has 2 aromatic rings. The fourth-order valence-electron chi connectivity index (χ4n) is 2.71. The summed E-state index contributed by atoms with van der Waals surface area (Å²) in [5.74, 6) is 0. The minimum atomic E-state index is -0.342. The monoisotopic (exact) mass is 271 g/mol. The van der Waals surface area contributed by atoms with E-state index in [0.717, 1.165) is 29.8 Å². The van der Waals surface area contributed by atoms with Crippen molar-refractivity contribution in [2.45, 2.75) is 25.4 Å². The SMILES string of the molecule is CN1Cc2nn(C3CC3)nc2-c2cccc([N+](=O)[O-])c21. The summed E-state index contributed by atoms with van der Waals surface area (Å²) in [6.45, 7) is 0.555. The summed E-state index contributed by atoms with van der Waals surface area (Å²) in [7, 11) is 1.85. The Hall–Kier alpha value is -2.44. The lowest BCUT2D eigenvalue weighted by atomic mass is 10.0. The van der Waals surface area contributed by atoms with Gasteiger partial charge in [0.15, 0.2) is 0 Å². The van der Waals surface area contributed by atoms with Crippen molar-refractivity contribution >= 4 is 11.4 Å². The number of nitro groups is 1. The largest absolute Gasteiger partial charge is 0.362 e. The van der Waals surface area contributed by atoms with Crippen LogP contribution in [0.1, 0.15) is 24.6 Å². The Bertz CT molecular complexity index is 720. The van der Waals surface area contributed by atoms with E-state index in [-0.39, 0.29) is 10.6 Å². The van der Waals surface area contributed by atoms with E-state index in [4.69, 9.17) is 0 Å². The first kappa shape index (κ1) is 11.4. The molecule has 1 aliphatic heterocycles. The lowest BCUT2D eigenvalue weighted by Crippen LogP contribution is -2.22. The van der Waals surface area contributed by atoms with Crippen molar-refractivity contribution in [3.05, 3.63) is 34.0 Å². The highest BCUT2D eigenvalue weighted by atomic mass is 16.6. The van der Waals surface area contributed by atoms with Crippen LogP contribution in [-0.2, 0) is 6.54 Å². The van der Waals surface area contributed by atoms with Crippen LogP contribution in [0, 0.1) is 10.1 Å². The molecule has 0 saturated heterocycles. The van der Waals surface area contributed by atoms with Crippen LogP contribution in [0.25, 0.3) is 11.3 Å². The Labute approximate surface area is 115 Å². The number of hydrogen-bond donors (Lipinski definition) is 0. The summed E-state index contributed by atoms with van der Waals surface area (Å²) in [6, 6.07) is 5.53. The molecular formula is C13H13N5O2. The Kier molecular flexibility index (Phi) is 2.15. The summed E-state index contributed by atoms with van der Waals surface area (Å²) >= 11 is 0. The number of hydrogen-bond acceptors (Lipinski definition) is 5. The number of aromatic nitrogens is 3. The Balaban J connectivity index is 1.93. The highest BCUT2D eigenvalue weighted by Gasteiger charge is 2.33. The smallest absolute Gasteiger partial charge is 0.293 e. The van der Waals surface area contributed by atoms with Gasteiger partial charge in [-0.1, -0.05) is 12.1 Å². The first-order valence-corrected chi connectivity index (χ1v) is 6.60. The zero-order valence-corrected chi connectivity index (χ0v) is 11.0. The van der Waals surface area contributed by atoms with Gasteiger partial charge in [-0.25, -0.2) is 0 Å². The normalized spacial score (nSPS) is 16.8. The summed E-state index contributed by atoms with van der Waals surface area (Å²) < 4.78 is 0. The van der Waals surface area contributed by atoms with Gasteiger partial charge in [0.25, 0.3) is 5.69 Å². The first-order valence-electron chi connectivity index (χ1n) is 6.60. The van der Waals surface area contributed by atoms with E-state index in [1.165, 1.54) is 6.07 Å². The maximum atomic E-state index is 11.2. The Morgan fingerprint density at radius 1 is 1.35 bits per heavy atom. The summed E-state index contributed by atoms with van der Waals surface area (Å²) in [5, 5.41) is 20.3. The van der Waals surface area contributed by atoms with E-state index in [9.17, 15) is 10.1 Å². The third-order valence-electron chi connectivity index (χ3n) is 3.81. The Morgan fingerprint density at radius 3 is 2.85 bits per heavy atom. The van der Waals surface area contributed by atoms with Crippen LogP contribution in [0.4, 0.5) is 11.4 Å². The molecule has 1 aromatic heterocycles. The highest BCUT2D eigenvalue weighted by Crippen LogP contribution is 2.43. The number of rotatable bonds is 2. The second kappa shape index (κ2) is 3.78. The Morgan fingerprint density at radius 2 is 2.15 bits per heavy atom. The molecule has 102 valence electrons. The van der Waals surface area contributed by atoms with Crippen LogP contribution < -0.4 is 4.90 Å². The molecule has 7 heteroatoms. The first-order chi connectivity index (χ1) is 9.65. The predicted molar refractivity (Wildman–Crippen MR) is 72.5 cm³/mol. The van der Waals surface area contributed by atoms with E-state index in [0.29, 0.717) is 18.3 Å². The molecule has 2 aliphatic rings. The predicted octanol–water partition coefficient (Wildman–Crippen LogP) is 2.14. The molecule has 1 aliphatic carbocycles. The van der Waals surface area contributed by atoms with E-state index in [2.05, 4.69) is 10.2 Å². The van der Waals surface area contributed by atoms with Crippen molar-refractivity contribution in [2.24, 2.45) is 0 Å². The number of anilines is 1. The van der Waals surface area contributed by atoms with Crippen LogP contribution in [-0.4, -0.2) is 27.0 Å². The zero-order valence-electron chi connectivity index (χ0n) is 11.0. The van der Waals surface area contributed by atoms with Gasteiger partial charge in [-0.15, -0.1) is 0 Å². The van der Waals surface area contributed by atoms with Crippen molar-refractivity contribution in [3.63, 3.8) is 0 Å². The molecule has 2 heterocycles. The minimum Gasteiger partial charge on any atom is -0.362 e. The number of nitro benzene ring substituents is 1. The van der Waals surface area contributed by atoms with Crippen molar-refractivity contribution in [2.75, 3.05) is 11.9 Å².